The van der Waals surface area contributed by atoms with Crippen LogP contribution in [0.15, 0.2) is 41.2 Å². The number of hydrogen-bond acceptors (Lipinski definition) is 8. The van der Waals surface area contributed by atoms with Crippen LogP contribution in [0.1, 0.15) is 25.8 Å². The van der Waals surface area contributed by atoms with Gasteiger partial charge in [-0.15, -0.1) is 0 Å². The number of rotatable bonds is 6. The monoisotopic (exact) mass is 377 g/mol. The number of allylic oxidation sites excluding steroid dienone is 1. The molecular formula is C16H16ClN5O2S. The Labute approximate surface area is 153 Å². The molecule has 2 heterocycles. The molecule has 3 rings (SSSR count). The van der Waals surface area contributed by atoms with Crippen LogP contribution in [0.3, 0.4) is 0 Å². The van der Waals surface area contributed by atoms with Crippen LogP contribution in [0.2, 0.25) is 5.02 Å². The average Bonchev–Trinajstić information content (AvgIpc) is 3.19. The number of halogens is 1. The van der Waals surface area contributed by atoms with Crippen molar-refractivity contribution >= 4 is 28.6 Å². The van der Waals surface area contributed by atoms with Gasteiger partial charge in [-0.3, -0.25) is 0 Å². The first-order valence-electron chi connectivity index (χ1n) is 7.37. The summed E-state index contributed by atoms with van der Waals surface area (Å²) in [7, 11) is 0. The van der Waals surface area contributed by atoms with Gasteiger partial charge in [-0.1, -0.05) is 34.7 Å². The summed E-state index contributed by atoms with van der Waals surface area (Å²) >= 11 is 7.28. The number of nitrogens with two attached hydrogens (primary N) is 1. The number of anilines is 1. The number of thiazole rings is 1. The molecule has 0 aliphatic heterocycles. The third-order valence-corrected chi connectivity index (χ3v) is 4.36. The van der Waals surface area contributed by atoms with E-state index in [0.717, 1.165) is 10.6 Å². The van der Waals surface area contributed by atoms with Crippen LogP contribution in [-0.4, -0.2) is 15.1 Å². The summed E-state index contributed by atoms with van der Waals surface area (Å²) in [6.07, 6.45) is 1.63. The Morgan fingerprint density at radius 2 is 2.28 bits per heavy atom. The number of nitrogens with zero attached hydrogens (tertiary/aromatic N) is 3. The predicted octanol–water partition coefficient (Wildman–Crippen LogP) is 4.41. The maximum Gasteiger partial charge on any atom is 0.279 e. The molecule has 0 saturated carbocycles. The zero-order valence-electron chi connectivity index (χ0n) is 13.6. The second kappa shape index (κ2) is 7.12. The van der Waals surface area contributed by atoms with E-state index >= 15 is 0 Å². The summed E-state index contributed by atoms with van der Waals surface area (Å²) in [5.41, 5.74) is 6.99. The number of nitrogens with one attached hydrogen (secondary N) is 1. The summed E-state index contributed by atoms with van der Waals surface area (Å²) in [5, 5.41) is 7.97. The molecule has 3 N–H and O–H groups in total. The van der Waals surface area contributed by atoms with E-state index in [1.54, 1.807) is 24.4 Å². The lowest BCUT2D eigenvalue weighted by atomic mass is 10.3. The quantitative estimate of drug-likeness (QED) is 0.614. The second-order valence-corrected chi connectivity index (χ2v) is 6.78. The van der Waals surface area contributed by atoms with E-state index in [4.69, 9.17) is 26.6 Å². The Kier molecular flexibility index (Phi) is 4.91. The first kappa shape index (κ1) is 17.2. The molecule has 7 nitrogen and oxygen atoms in total. The van der Waals surface area contributed by atoms with Gasteiger partial charge >= 0.3 is 0 Å². The third-order valence-electron chi connectivity index (χ3n) is 3.16. The smallest absolute Gasteiger partial charge is 0.279 e. The normalized spacial score (nSPS) is 12.0. The van der Waals surface area contributed by atoms with Gasteiger partial charge in [-0.05, 0) is 26.0 Å². The van der Waals surface area contributed by atoms with E-state index in [-0.39, 0.29) is 6.04 Å². The van der Waals surface area contributed by atoms with Crippen LogP contribution in [0.25, 0.3) is 10.7 Å². The fourth-order valence-electron chi connectivity index (χ4n) is 2.02. The van der Waals surface area contributed by atoms with Crippen molar-refractivity contribution in [1.82, 2.24) is 20.4 Å². The minimum atomic E-state index is -0.126. The van der Waals surface area contributed by atoms with Crippen LogP contribution in [0.5, 0.6) is 10.9 Å². The van der Waals surface area contributed by atoms with Crippen molar-refractivity contribution in [2.45, 2.75) is 19.9 Å². The molecule has 1 unspecified atom stereocenters. The summed E-state index contributed by atoms with van der Waals surface area (Å²) in [4.78, 5) is 9.32. The molecule has 1 aromatic carbocycles. The number of hydrogen-bond donors (Lipinski definition) is 2. The van der Waals surface area contributed by atoms with Crippen LogP contribution in [0, 0.1) is 0 Å². The minimum absolute atomic E-state index is 0.126. The fourth-order valence-corrected chi connectivity index (χ4v) is 2.90. The molecular weight excluding hydrogens is 362 g/mol. The van der Waals surface area contributed by atoms with Gasteiger partial charge in [0.25, 0.3) is 5.19 Å². The highest BCUT2D eigenvalue weighted by atomic mass is 35.5. The molecule has 2 aromatic heterocycles. The van der Waals surface area contributed by atoms with Crippen molar-refractivity contribution in [3.63, 3.8) is 0 Å². The molecule has 3 aromatic rings. The van der Waals surface area contributed by atoms with Crippen LogP contribution < -0.4 is 15.8 Å². The van der Waals surface area contributed by atoms with Crippen molar-refractivity contribution < 1.29 is 9.26 Å². The summed E-state index contributed by atoms with van der Waals surface area (Å²) in [6.45, 7) is 7.58. The van der Waals surface area contributed by atoms with Crippen molar-refractivity contribution in [2.75, 3.05) is 5.73 Å². The van der Waals surface area contributed by atoms with Gasteiger partial charge in [0.05, 0.1) is 21.8 Å². The molecule has 0 spiro atoms. The second-order valence-electron chi connectivity index (χ2n) is 5.38. The Hall–Kier alpha value is -2.58. The number of ether oxygens (including phenoxy) is 1. The topological polar surface area (TPSA) is 99.1 Å². The van der Waals surface area contributed by atoms with Gasteiger partial charge in [-0.2, -0.15) is 4.98 Å². The van der Waals surface area contributed by atoms with E-state index in [9.17, 15) is 0 Å². The molecule has 0 aliphatic carbocycles. The fraction of sp³-hybridized carbons (Fsp3) is 0.188. The van der Waals surface area contributed by atoms with Crippen LogP contribution >= 0.6 is 22.9 Å². The molecule has 1 atom stereocenters. The standard InChI is InChI=1S/C16H16ClN5O2S/c1-8(2)20-9(3)15-21-14(22-24-15)13-7-19-16(25-13)23-10-4-5-12(18)11(17)6-10/h4-7,9,20H,1,18H2,2-3H3. The van der Waals surface area contributed by atoms with Crippen molar-refractivity contribution in [3.05, 3.63) is 47.6 Å². The first-order chi connectivity index (χ1) is 11.9. The van der Waals surface area contributed by atoms with Gasteiger partial charge in [0.1, 0.15) is 11.8 Å². The Morgan fingerprint density at radius 3 is 3.00 bits per heavy atom. The SMILES string of the molecule is C=C(C)NC(C)c1nc(-c2cnc(Oc3ccc(N)c(Cl)c3)s2)no1. The Balaban J connectivity index is 1.74. The maximum atomic E-state index is 5.98. The molecule has 130 valence electrons. The zero-order chi connectivity index (χ0) is 18.0. The highest BCUT2D eigenvalue weighted by molar-refractivity contribution is 7.16. The lowest BCUT2D eigenvalue weighted by Crippen LogP contribution is -2.15. The van der Waals surface area contributed by atoms with E-state index in [1.807, 2.05) is 13.8 Å². The molecule has 9 heteroatoms. The van der Waals surface area contributed by atoms with Gasteiger partial charge in [0, 0.05) is 11.8 Å². The molecule has 0 bridgehead atoms. The highest BCUT2D eigenvalue weighted by Gasteiger charge is 2.17. The lowest BCUT2D eigenvalue weighted by Gasteiger charge is -2.09. The van der Waals surface area contributed by atoms with E-state index in [0.29, 0.717) is 33.4 Å². The van der Waals surface area contributed by atoms with E-state index < -0.39 is 0 Å². The van der Waals surface area contributed by atoms with Crippen molar-refractivity contribution in [1.29, 1.82) is 0 Å². The molecule has 0 radical (unpaired) electrons. The predicted molar refractivity (Wildman–Crippen MR) is 97.7 cm³/mol. The molecule has 0 aliphatic rings. The lowest BCUT2D eigenvalue weighted by molar-refractivity contribution is 0.348. The molecule has 25 heavy (non-hydrogen) atoms. The largest absolute Gasteiger partial charge is 0.431 e. The number of benzene rings is 1. The van der Waals surface area contributed by atoms with Crippen molar-refractivity contribution in [3.8, 4) is 21.6 Å². The van der Waals surface area contributed by atoms with Gasteiger partial charge in [0.15, 0.2) is 0 Å². The van der Waals surface area contributed by atoms with Gasteiger partial charge in [-0.25, -0.2) is 4.98 Å². The van der Waals surface area contributed by atoms with E-state index in [2.05, 4.69) is 27.0 Å². The average molecular weight is 378 g/mol. The highest BCUT2D eigenvalue weighted by Crippen LogP contribution is 2.33. The van der Waals surface area contributed by atoms with Gasteiger partial charge < -0.3 is 20.3 Å². The first-order valence-corrected chi connectivity index (χ1v) is 8.56. The van der Waals surface area contributed by atoms with Gasteiger partial charge in [0.2, 0.25) is 11.7 Å². The maximum absolute atomic E-state index is 5.98. The van der Waals surface area contributed by atoms with Crippen LogP contribution in [0.4, 0.5) is 5.69 Å². The number of aromatic nitrogens is 3. The Bertz CT molecular complexity index is 908. The van der Waals surface area contributed by atoms with Crippen LogP contribution in [-0.2, 0) is 0 Å². The minimum Gasteiger partial charge on any atom is -0.431 e. The van der Waals surface area contributed by atoms with Crippen molar-refractivity contribution in [2.24, 2.45) is 0 Å². The molecule has 0 saturated heterocycles. The zero-order valence-corrected chi connectivity index (χ0v) is 15.2. The summed E-state index contributed by atoms with van der Waals surface area (Å²) in [5.74, 6) is 1.47. The molecule has 0 fully saturated rings. The number of nitrogen functional groups attached to an aromatic ring is 1. The Morgan fingerprint density at radius 1 is 1.48 bits per heavy atom. The van der Waals surface area contributed by atoms with E-state index in [1.165, 1.54) is 11.3 Å². The summed E-state index contributed by atoms with van der Waals surface area (Å²) < 4.78 is 11.0. The third kappa shape index (κ3) is 4.09. The summed E-state index contributed by atoms with van der Waals surface area (Å²) in [6, 6.07) is 4.90. The molecule has 0 amide bonds.